The minimum Gasteiger partial charge on any atom is -0.390 e. The maximum absolute atomic E-state index is 9.64. The Morgan fingerprint density at radius 1 is 1.44 bits per heavy atom. The Labute approximate surface area is 57.1 Å². The van der Waals surface area contributed by atoms with Crippen molar-refractivity contribution in [3.63, 3.8) is 0 Å². The fourth-order valence-corrected chi connectivity index (χ4v) is 1.49. The molecule has 0 aromatic rings. The summed E-state index contributed by atoms with van der Waals surface area (Å²) in [7, 11) is 0. The van der Waals surface area contributed by atoms with Crippen LogP contribution in [0.4, 0.5) is 0 Å². The van der Waals surface area contributed by atoms with Crippen molar-refractivity contribution in [2.75, 3.05) is 0 Å². The lowest BCUT2D eigenvalue weighted by Crippen LogP contribution is -2.35. The SMILES string of the molecule is CC1CCCC[C@]1(C)O. The van der Waals surface area contributed by atoms with Crippen LogP contribution in [0.5, 0.6) is 0 Å². The van der Waals surface area contributed by atoms with E-state index in [1.165, 1.54) is 19.3 Å². The first-order valence-corrected chi connectivity index (χ1v) is 3.85. The van der Waals surface area contributed by atoms with Crippen LogP contribution in [0.2, 0.25) is 0 Å². The fourth-order valence-electron chi connectivity index (χ4n) is 1.49. The molecule has 0 bridgehead atoms. The number of aliphatic hydroxyl groups is 1. The van der Waals surface area contributed by atoms with E-state index in [0.29, 0.717) is 5.92 Å². The normalized spacial score (nSPS) is 45.0. The Bertz CT molecular complexity index is 96.7. The van der Waals surface area contributed by atoms with Gasteiger partial charge < -0.3 is 5.11 Å². The summed E-state index contributed by atoms with van der Waals surface area (Å²) in [4.78, 5) is 0. The zero-order valence-corrected chi connectivity index (χ0v) is 6.35. The summed E-state index contributed by atoms with van der Waals surface area (Å²) in [5.74, 6) is 0.506. The summed E-state index contributed by atoms with van der Waals surface area (Å²) in [6, 6.07) is 0. The second-order valence-electron chi connectivity index (χ2n) is 3.50. The van der Waals surface area contributed by atoms with E-state index in [1.807, 2.05) is 6.92 Å². The Balaban J connectivity index is 2.49. The Hall–Kier alpha value is -0.0400. The van der Waals surface area contributed by atoms with E-state index in [0.717, 1.165) is 6.42 Å². The van der Waals surface area contributed by atoms with Crippen LogP contribution in [-0.4, -0.2) is 10.7 Å². The Morgan fingerprint density at radius 2 is 2.11 bits per heavy atom. The van der Waals surface area contributed by atoms with Crippen molar-refractivity contribution < 1.29 is 5.11 Å². The summed E-state index contributed by atoms with van der Waals surface area (Å²) in [6.07, 6.45) is 4.70. The lowest BCUT2D eigenvalue weighted by molar-refractivity contribution is -0.0239. The van der Waals surface area contributed by atoms with Gasteiger partial charge in [-0.2, -0.15) is 0 Å². The Kier molecular flexibility index (Phi) is 1.80. The van der Waals surface area contributed by atoms with Crippen LogP contribution in [0.25, 0.3) is 0 Å². The van der Waals surface area contributed by atoms with Gasteiger partial charge in [-0.25, -0.2) is 0 Å². The molecule has 1 saturated carbocycles. The molecule has 0 aliphatic heterocycles. The van der Waals surface area contributed by atoms with Gasteiger partial charge in [0.05, 0.1) is 5.60 Å². The molecule has 1 heteroatoms. The molecule has 1 aliphatic carbocycles. The molecule has 9 heavy (non-hydrogen) atoms. The van der Waals surface area contributed by atoms with Gasteiger partial charge in [-0.05, 0) is 25.7 Å². The monoisotopic (exact) mass is 128 g/mol. The molecule has 54 valence electrons. The van der Waals surface area contributed by atoms with Gasteiger partial charge in [-0.15, -0.1) is 0 Å². The summed E-state index contributed by atoms with van der Waals surface area (Å²) in [5.41, 5.74) is -0.363. The Morgan fingerprint density at radius 3 is 2.44 bits per heavy atom. The smallest absolute Gasteiger partial charge is 0.0645 e. The van der Waals surface area contributed by atoms with Crippen molar-refractivity contribution in [3.8, 4) is 0 Å². The molecular formula is C8H16O. The van der Waals surface area contributed by atoms with Gasteiger partial charge in [-0.1, -0.05) is 19.8 Å². The van der Waals surface area contributed by atoms with Crippen molar-refractivity contribution in [2.24, 2.45) is 5.92 Å². The third kappa shape index (κ3) is 1.45. The summed E-state index contributed by atoms with van der Waals surface area (Å²) >= 11 is 0. The van der Waals surface area contributed by atoms with Crippen LogP contribution in [-0.2, 0) is 0 Å². The van der Waals surface area contributed by atoms with Crippen molar-refractivity contribution in [2.45, 2.75) is 45.1 Å². The molecule has 0 saturated heterocycles. The van der Waals surface area contributed by atoms with Gasteiger partial charge in [0.1, 0.15) is 0 Å². The number of hydrogen-bond acceptors (Lipinski definition) is 1. The van der Waals surface area contributed by atoms with Crippen LogP contribution in [0.1, 0.15) is 39.5 Å². The van der Waals surface area contributed by atoms with Gasteiger partial charge >= 0.3 is 0 Å². The molecule has 0 heterocycles. The van der Waals surface area contributed by atoms with Crippen LogP contribution in [0.3, 0.4) is 0 Å². The van der Waals surface area contributed by atoms with Crippen molar-refractivity contribution in [3.05, 3.63) is 0 Å². The van der Waals surface area contributed by atoms with Gasteiger partial charge in [0.15, 0.2) is 0 Å². The highest BCUT2D eigenvalue weighted by molar-refractivity contribution is 4.82. The molecule has 0 spiro atoms. The van der Waals surface area contributed by atoms with Crippen LogP contribution in [0, 0.1) is 5.92 Å². The quantitative estimate of drug-likeness (QED) is 0.528. The highest BCUT2D eigenvalue weighted by Gasteiger charge is 2.30. The van der Waals surface area contributed by atoms with Crippen molar-refractivity contribution in [1.29, 1.82) is 0 Å². The average molecular weight is 128 g/mol. The topological polar surface area (TPSA) is 20.2 Å². The summed E-state index contributed by atoms with van der Waals surface area (Å²) in [5, 5.41) is 9.64. The molecule has 0 radical (unpaired) electrons. The van der Waals surface area contributed by atoms with Crippen LogP contribution < -0.4 is 0 Å². The zero-order valence-electron chi connectivity index (χ0n) is 6.35. The first-order valence-electron chi connectivity index (χ1n) is 3.85. The van der Waals surface area contributed by atoms with E-state index in [4.69, 9.17) is 0 Å². The van der Waals surface area contributed by atoms with Crippen LogP contribution in [0.15, 0.2) is 0 Å². The lowest BCUT2D eigenvalue weighted by atomic mass is 9.78. The van der Waals surface area contributed by atoms with Gasteiger partial charge in [0.25, 0.3) is 0 Å². The molecule has 1 rings (SSSR count). The second-order valence-corrected chi connectivity index (χ2v) is 3.50. The molecule has 0 amide bonds. The van der Waals surface area contributed by atoms with Crippen LogP contribution >= 0.6 is 0 Å². The largest absolute Gasteiger partial charge is 0.390 e. The number of rotatable bonds is 0. The molecule has 1 aliphatic rings. The standard InChI is InChI=1S/C8H16O/c1-7-5-3-4-6-8(7,2)9/h7,9H,3-6H2,1-2H3/t7?,8-/m0/s1. The first kappa shape index (κ1) is 7.07. The summed E-state index contributed by atoms with van der Waals surface area (Å²) < 4.78 is 0. The highest BCUT2D eigenvalue weighted by atomic mass is 16.3. The average Bonchev–Trinajstić information content (AvgIpc) is 1.77. The molecule has 1 unspecified atom stereocenters. The van der Waals surface area contributed by atoms with E-state index in [-0.39, 0.29) is 5.60 Å². The minimum atomic E-state index is -0.363. The van der Waals surface area contributed by atoms with E-state index in [2.05, 4.69) is 6.92 Å². The van der Waals surface area contributed by atoms with E-state index in [1.54, 1.807) is 0 Å². The van der Waals surface area contributed by atoms with E-state index >= 15 is 0 Å². The van der Waals surface area contributed by atoms with Gasteiger partial charge in [0, 0.05) is 0 Å². The molecule has 0 aromatic carbocycles. The van der Waals surface area contributed by atoms with E-state index < -0.39 is 0 Å². The minimum absolute atomic E-state index is 0.363. The van der Waals surface area contributed by atoms with Gasteiger partial charge in [0.2, 0.25) is 0 Å². The fraction of sp³-hybridized carbons (Fsp3) is 1.00. The molecule has 1 nitrogen and oxygen atoms in total. The first-order chi connectivity index (χ1) is 4.13. The highest BCUT2D eigenvalue weighted by Crippen LogP contribution is 2.32. The molecule has 1 fully saturated rings. The number of hydrogen-bond donors (Lipinski definition) is 1. The van der Waals surface area contributed by atoms with Crippen molar-refractivity contribution in [1.82, 2.24) is 0 Å². The third-order valence-corrected chi connectivity index (χ3v) is 2.63. The third-order valence-electron chi connectivity index (χ3n) is 2.63. The van der Waals surface area contributed by atoms with E-state index in [9.17, 15) is 5.11 Å². The maximum Gasteiger partial charge on any atom is 0.0645 e. The molecule has 0 aromatic heterocycles. The summed E-state index contributed by atoms with van der Waals surface area (Å²) in [6.45, 7) is 4.09. The predicted octanol–water partition coefficient (Wildman–Crippen LogP) is 1.95. The molecular weight excluding hydrogens is 112 g/mol. The molecule has 2 atom stereocenters. The predicted molar refractivity (Wildman–Crippen MR) is 38.3 cm³/mol. The lowest BCUT2D eigenvalue weighted by Gasteiger charge is -2.34. The maximum atomic E-state index is 9.64. The zero-order chi connectivity index (χ0) is 6.91. The second kappa shape index (κ2) is 2.30. The van der Waals surface area contributed by atoms with Crippen molar-refractivity contribution >= 4 is 0 Å². The van der Waals surface area contributed by atoms with Gasteiger partial charge in [-0.3, -0.25) is 0 Å². The molecule has 1 N–H and O–H groups in total.